The van der Waals surface area contributed by atoms with E-state index < -0.39 is 27.8 Å². The Hall–Kier alpha value is -3.05. The van der Waals surface area contributed by atoms with Crippen molar-refractivity contribution in [3.8, 4) is 0 Å². The largest absolute Gasteiger partial charge is 0.444 e. The fourth-order valence-electron chi connectivity index (χ4n) is 3.76. The normalized spacial score (nSPS) is 13.1. The maximum absolute atomic E-state index is 13.0. The molecule has 2 aromatic rings. The minimum Gasteiger partial charge on any atom is -0.444 e. The van der Waals surface area contributed by atoms with Crippen molar-refractivity contribution >= 4 is 39.0 Å². The zero-order chi connectivity index (χ0) is 28.7. The van der Waals surface area contributed by atoms with Crippen LogP contribution in [0.2, 0.25) is 0 Å². The molecule has 208 valence electrons. The number of amides is 1. The van der Waals surface area contributed by atoms with Gasteiger partial charge in [-0.1, -0.05) is 24.3 Å². The summed E-state index contributed by atoms with van der Waals surface area (Å²) < 4.78 is 33.7. The zero-order valence-corrected chi connectivity index (χ0v) is 24.7. The maximum Gasteiger partial charge on any atom is 0.408 e. The van der Waals surface area contributed by atoms with Gasteiger partial charge < -0.3 is 15.8 Å². The van der Waals surface area contributed by atoms with Gasteiger partial charge >= 0.3 is 6.09 Å². The topological polar surface area (TPSA) is 140 Å². The summed E-state index contributed by atoms with van der Waals surface area (Å²) in [6, 6.07) is 10.1. The molecule has 2 rings (SSSR count). The number of guanidine groups is 1. The second-order valence-electron chi connectivity index (χ2n) is 10.0. The van der Waals surface area contributed by atoms with E-state index in [0.29, 0.717) is 17.5 Å². The Morgan fingerprint density at radius 1 is 1.05 bits per heavy atom. The summed E-state index contributed by atoms with van der Waals surface area (Å²) in [7, 11) is -3.93. The number of thioether (sulfide) groups is 1. The van der Waals surface area contributed by atoms with Gasteiger partial charge in [-0.2, -0.15) is 0 Å². The predicted octanol–water partition coefficient (Wildman–Crippen LogP) is 4.51. The summed E-state index contributed by atoms with van der Waals surface area (Å²) in [6.45, 7) is 12.7. The van der Waals surface area contributed by atoms with E-state index in [-0.39, 0.29) is 28.9 Å². The Morgan fingerprint density at radius 2 is 1.68 bits per heavy atom. The molecule has 11 heteroatoms. The second kappa shape index (κ2) is 13.1. The van der Waals surface area contributed by atoms with Gasteiger partial charge in [-0.25, -0.2) is 17.9 Å². The summed E-state index contributed by atoms with van der Waals surface area (Å²) in [4.78, 5) is 30.3. The Labute approximate surface area is 230 Å². The van der Waals surface area contributed by atoms with Gasteiger partial charge in [0.1, 0.15) is 11.6 Å². The Balaban J connectivity index is 2.07. The van der Waals surface area contributed by atoms with Crippen LogP contribution < -0.4 is 15.8 Å². The van der Waals surface area contributed by atoms with Crippen molar-refractivity contribution in [1.29, 1.82) is 0 Å². The molecule has 0 aliphatic carbocycles. The number of aryl methyl sites for hydroxylation is 2. The standard InChI is InChI=1S/C27H38N4O5S2/c1-17-16-18(2)23(20(4)19(17)3)38(34,35)31-25(28)29-15-11-14-22(30-26(33)36-27(5,6)7)24(32)37-21-12-9-8-10-13-21/h8-10,12-13,16,22H,11,14-15H2,1-7H3,(H,30,33)(H3,28,29,31)/t22-/m0/s1. The van der Waals surface area contributed by atoms with Gasteiger partial charge in [0, 0.05) is 11.4 Å². The van der Waals surface area contributed by atoms with E-state index in [1.807, 2.05) is 50.2 Å². The van der Waals surface area contributed by atoms with Crippen molar-refractivity contribution in [2.24, 2.45) is 10.7 Å². The second-order valence-corrected chi connectivity index (χ2v) is 12.7. The van der Waals surface area contributed by atoms with Gasteiger partial charge in [0.25, 0.3) is 10.0 Å². The highest BCUT2D eigenvalue weighted by atomic mass is 32.2. The Bertz CT molecular complexity index is 1290. The molecule has 2 aromatic carbocycles. The lowest BCUT2D eigenvalue weighted by atomic mass is 10.0. The molecule has 0 saturated heterocycles. The Kier molecular flexibility index (Phi) is 10.8. The van der Waals surface area contributed by atoms with Crippen LogP contribution in [0, 0.1) is 27.7 Å². The molecule has 0 saturated carbocycles. The fourth-order valence-corrected chi connectivity index (χ4v) is 6.09. The van der Waals surface area contributed by atoms with Gasteiger partial charge in [-0.3, -0.25) is 9.79 Å². The van der Waals surface area contributed by atoms with E-state index in [9.17, 15) is 18.0 Å². The quantitative estimate of drug-likeness (QED) is 0.177. The fraction of sp³-hybridized carbons (Fsp3) is 0.444. The first-order chi connectivity index (χ1) is 17.6. The molecule has 0 fully saturated rings. The number of nitrogens with zero attached hydrogens (tertiary/aromatic N) is 1. The first-order valence-corrected chi connectivity index (χ1v) is 14.6. The van der Waals surface area contributed by atoms with Gasteiger partial charge in [0.15, 0.2) is 0 Å². The smallest absolute Gasteiger partial charge is 0.408 e. The molecule has 0 aliphatic rings. The number of ether oxygens (including phenoxy) is 1. The monoisotopic (exact) mass is 562 g/mol. The van der Waals surface area contributed by atoms with E-state index in [2.05, 4.69) is 15.0 Å². The molecule has 0 radical (unpaired) electrons. The highest BCUT2D eigenvalue weighted by Crippen LogP contribution is 2.25. The van der Waals surface area contributed by atoms with Crippen LogP contribution in [0.25, 0.3) is 0 Å². The van der Waals surface area contributed by atoms with E-state index in [4.69, 9.17) is 10.5 Å². The first-order valence-electron chi connectivity index (χ1n) is 12.3. The van der Waals surface area contributed by atoms with Crippen LogP contribution >= 0.6 is 11.8 Å². The number of alkyl carbamates (subject to hydrolysis) is 1. The summed E-state index contributed by atoms with van der Waals surface area (Å²) in [6.07, 6.45) is -0.0675. The maximum atomic E-state index is 13.0. The van der Waals surface area contributed by atoms with Gasteiger partial charge in [0.05, 0.1) is 4.90 Å². The van der Waals surface area contributed by atoms with Gasteiger partial charge in [0.2, 0.25) is 11.1 Å². The van der Waals surface area contributed by atoms with Crippen molar-refractivity contribution in [1.82, 2.24) is 10.0 Å². The lowest BCUT2D eigenvalue weighted by Crippen LogP contribution is -2.42. The minimum atomic E-state index is -3.93. The van der Waals surface area contributed by atoms with Gasteiger partial charge in [-0.05, 0) is 107 Å². The SMILES string of the molecule is Cc1cc(C)c(S(=O)(=O)NC(N)=NCCC[C@H](NC(=O)OC(C)(C)C)C(=O)Sc2ccccc2)c(C)c1C. The van der Waals surface area contributed by atoms with Crippen molar-refractivity contribution in [3.05, 3.63) is 58.7 Å². The number of nitrogens with one attached hydrogen (secondary N) is 2. The lowest BCUT2D eigenvalue weighted by Gasteiger charge is -2.23. The van der Waals surface area contributed by atoms with E-state index >= 15 is 0 Å². The van der Waals surface area contributed by atoms with Crippen molar-refractivity contribution in [2.45, 2.75) is 82.7 Å². The molecule has 0 aromatic heterocycles. The van der Waals surface area contributed by atoms with Crippen molar-refractivity contribution in [2.75, 3.05) is 6.54 Å². The number of carbonyl (C=O) groups excluding carboxylic acids is 2. The molecule has 0 spiro atoms. The molecular weight excluding hydrogens is 524 g/mol. The van der Waals surface area contributed by atoms with Crippen LogP contribution in [0.1, 0.15) is 55.9 Å². The number of sulfonamides is 1. The summed E-state index contributed by atoms with van der Waals surface area (Å²) >= 11 is 1.02. The van der Waals surface area contributed by atoms with E-state index in [1.54, 1.807) is 34.6 Å². The van der Waals surface area contributed by atoms with E-state index in [1.165, 1.54) is 0 Å². The highest BCUT2D eigenvalue weighted by molar-refractivity contribution is 8.13. The highest BCUT2D eigenvalue weighted by Gasteiger charge is 2.25. The number of rotatable bonds is 9. The number of benzene rings is 2. The zero-order valence-electron chi connectivity index (χ0n) is 23.0. The summed E-state index contributed by atoms with van der Waals surface area (Å²) in [5.74, 6) is -0.247. The molecule has 9 nitrogen and oxygen atoms in total. The number of carbonyl (C=O) groups is 2. The molecule has 1 amide bonds. The molecule has 0 aliphatic heterocycles. The molecule has 4 N–H and O–H groups in total. The number of nitrogens with two attached hydrogens (primary N) is 1. The van der Waals surface area contributed by atoms with Crippen molar-refractivity contribution < 1.29 is 22.7 Å². The summed E-state index contributed by atoms with van der Waals surface area (Å²) in [5.41, 5.74) is 8.37. The third-order valence-electron chi connectivity index (χ3n) is 5.66. The average Bonchev–Trinajstić information content (AvgIpc) is 2.78. The lowest BCUT2D eigenvalue weighted by molar-refractivity contribution is -0.113. The molecule has 0 unspecified atom stereocenters. The third-order valence-corrected chi connectivity index (χ3v) is 8.30. The molecule has 1 atom stereocenters. The van der Waals surface area contributed by atoms with E-state index in [0.717, 1.165) is 27.8 Å². The number of aliphatic imine (C=N–C) groups is 1. The summed E-state index contributed by atoms with van der Waals surface area (Å²) in [5, 5.41) is 2.39. The van der Waals surface area contributed by atoms with Crippen LogP contribution in [0.15, 0.2) is 51.2 Å². The van der Waals surface area contributed by atoms with Crippen LogP contribution in [-0.2, 0) is 19.6 Å². The van der Waals surface area contributed by atoms with Crippen LogP contribution in [0.3, 0.4) is 0 Å². The number of hydrogen-bond acceptors (Lipinski definition) is 7. The average molecular weight is 563 g/mol. The van der Waals surface area contributed by atoms with Crippen LogP contribution in [-0.4, -0.2) is 43.8 Å². The van der Waals surface area contributed by atoms with Crippen LogP contribution in [0.5, 0.6) is 0 Å². The first kappa shape index (κ1) is 31.2. The molecular formula is C27H38N4O5S2. The molecule has 38 heavy (non-hydrogen) atoms. The molecule has 0 heterocycles. The minimum absolute atomic E-state index is 0.148. The number of hydrogen-bond donors (Lipinski definition) is 3. The van der Waals surface area contributed by atoms with Gasteiger partial charge in [-0.15, -0.1) is 0 Å². The van der Waals surface area contributed by atoms with Crippen LogP contribution in [0.4, 0.5) is 4.79 Å². The third kappa shape index (κ3) is 9.36. The predicted molar refractivity (Wildman–Crippen MR) is 152 cm³/mol. The Morgan fingerprint density at radius 3 is 2.29 bits per heavy atom. The molecule has 0 bridgehead atoms. The van der Waals surface area contributed by atoms with Crippen molar-refractivity contribution in [3.63, 3.8) is 0 Å².